The second-order valence-electron chi connectivity index (χ2n) is 6.12. The third-order valence-electron chi connectivity index (χ3n) is 4.10. The van der Waals surface area contributed by atoms with Crippen LogP contribution in [0.3, 0.4) is 0 Å². The molecule has 0 aliphatic rings. The Balaban J connectivity index is 0.00000300. The lowest BCUT2D eigenvalue weighted by Crippen LogP contribution is -2.14. The number of benzene rings is 2. The molecule has 0 unspecified atom stereocenters. The molecule has 1 heterocycles. The highest BCUT2D eigenvalue weighted by atomic mass is 35.5. The molecule has 1 N–H and O–H groups in total. The summed E-state index contributed by atoms with van der Waals surface area (Å²) < 4.78 is 47.6. The number of aromatic nitrogens is 1. The molecule has 3 rings (SSSR count). The van der Waals surface area contributed by atoms with Crippen molar-refractivity contribution in [3.63, 3.8) is 0 Å². The summed E-state index contributed by atoms with van der Waals surface area (Å²) in [5, 5.41) is 2.98. The van der Waals surface area contributed by atoms with Crippen molar-refractivity contribution in [1.82, 2.24) is 9.29 Å². The number of halogens is 2. The van der Waals surface area contributed by atoms with E-state index in [4.69, 9.17) is 4.74 Å². The lowest BCUT2D eigenvalue weighted by molar-refractivity contribution is 0.362. The molecule has 1 aromatic heterocycles. The molecule has 0 fully saturated rings. The van der Waals surface area contributed by atoms with Crippen LogP contribution in [0.5, 0.6) is 5.75 Å². The standard InChI is InChI=1S/C21H21FN2O3S.ClH/c1-3-11-27-17-7-6-8-18(13-17)28(25,26)24-15-16(14-23-2)12-21(24)19-9-4-5-10-20(19)22;/h3-10,12-13,15,23H,1,11,14H2,2H3;1H. The second kappa shape index (κ2) is 9.73. The molecule has 0 bridgehead atoms. The van der Waals surface area contributed by atoms with Crippen LogP contribution in [0.2, 0.25) is 0 Å². The molecule has 8 heteroatoms. The van der Waals surface area contributed by atoms with Gasteiger partial charge in [-0.2, -0.15) is 0 Å². The molecule has 5 nitrogen and oxygen atoms in total. The average molecular weight is 437 g/mol. The quantitative estimate of drug-likeness (QED) is 0.536. The van der Waals surface area contributed by atoms with E-state index in [-0.39, 0.29) is 35.2 Å². The zero-order valence-electron chi connectivity index (χ0n) is 15.8. The molecular formula is C21H22ClFN2O3S. The van der Waals surface area contributed by atoms with Gasteiger partial charge in [0, 0.05) is 24.4 Å². The lowest BCUT2D eigenvalue weighted by atomic mass is 10.1. The molecule has 3 aromatic rings. The zero-order chi connectivity index (χ0) is 20.1. The van der Waals surface area contributed by atoms with Crippen molar-refractivity contribution in [3.05, 3.63) is 84.8 Å². The van der Waals surface area contributed by atoms with E-state index in [2.05, 4.69) is 11.9 Å². The maximum absolute atomic E-state index is 14.4. The predicted molar refractivity (Wildman–Crippen MR) is 115 cm³/mol. The average Bonchev–Trinajstić information content (AvgIpc) is 3.12. The Morgan fingerprint density at radius 3 is 2.62 bits per heavy atom. The summed E-state index contributed by atoms with van der Waals surface area (Å²) in [6.07, 6.45) is 3.08. The topological polar surface area (TPSA) is 60.3 Å². The molecule has 0 saturated carbocycles. The third-order valence-corrected chi connectivity index (χ3v) is 5.77. The van der Waals surface area contributed by atoms with E-state index in [1.54, 1.807) is 49.5 Å². The highest BCUT2D eigenvalue weighted by molar-refractivity contribution is 7.90. The fourth-order valence-corrected chi connectivity index (χ4v) is 4.28. The van der Waals surface area contributed by atoms with Gasteiger partial charge in [0.15, 0.2) is 0 Å². The van der Waals surface area contributed by atoms with E-state index in [0.717, 1.165) is 9.54 Å². The first-order chi connectivity index (χ1) is 13.5. The fourth-order valence-electron chi connectivity index (χ4n) is 2.85. The second-order valence-corrected chi connectivity index (χ2v) is 7.93. The molecule has 0 saturated heterocycles. The van der Waals surface area contributed by atoms with Crippen LogP contribution in [0, 0.1) is 5.82 Å². The van der Waals surface area contributed by atoms with Gasteiger partial charge in [-0.25, -0.2) is 16.8 Å². The van der Waals surface area contributed by atoms with Crippen LogP contribution in [0.15, 0.2) is 78.3 Å². The number of rotatable bonds is 8. The van der Waals surface area contributed by atoms with Gasteiger partial charge < -0.3 is 10.1 Å². The first-order valence-corrected chi connectivity index (χ1v) is 10.1. The molecule has 0 aliphatic carbocycles. The molecular weight excluding hydrogens is 415 g/mol. The van der Waals surface area contributed by atoms with Crippen molar-refractivity contribution in [1.29, 1.82) is 0 Å². The molecule has 0 spiro atoms. The van der Waals surface area contributed by atoms with Crippen molar-refractivity contribution in [2.45, 2.75) is 11.4 Å². The largest absolute Gasteiger partial charge is 0.490 e. The lowest BCUT2D eigenvalue weighted by Gasteiger charge is -2.12. The van der Waals surface area contributed by atoms with E-state index in [1.165, 1.54) is 24.4 Å². The van der Waals surface area contributed by atoms with Gasteiger partial charge in [-0.05, 0) is 42.9 Å². The monoisotopic (exact) mass is 436 g/mol. The summed E-state index contributed by atoms with van der Waals surface area (Å²) in [6, 6.07) is 14.0. The van der Waals surface area contributed by atoms with Crippen molar-refractivity contribution < 1.29 is 17.5 Å². The Kier molecular flexibility index (Phi) is 7.61. The number of hydrogen-bond donors (Lipinski definition) is 1. The van der Waals surface area contributed by atoms with Crippen molar-refractivity contribution >= 4 is 22.4 Å². The summed E-state index contributed by atoms with van der Waals surface area (Å²) in [6.45, 7) is 4.29. The van der Waals surface area contributed by atoms with Crippen LogP contribution in [-0.4, -0.2) is 26.0 Å². The van der Waals surface area contributed by atoms with Gasteiger partial charge in [-0.15, -0.1) is 12.4 Å². The molecule has 2 aromatic carbocycles. The first kappa shape index (κ1) is 22.7. The number of nitrogens with one attached hydrogen (secondary N) is 1. The SMILES string of the molecule is C=CCOc1cccc(S(=O)(=O)n2cc(CNC)cc2-c2ccccc2F)c1.Cl. The summed E-state index contributed by atoms with van der Waals surface area (Å²) in [4.78, 5) is 0.0539. The molecule has 29 heavy (non-hydrogen) atoms. The Bertz CT molecular complexity index is 1100. The van der Waals surface area contributed by atoms with Crippen molar-refractivity contribution in [3.8, 4) is 17.0 Å². The zero-order valence-corrected chi connectivity index (χ0v) is 17.5. The minimum absolute atomic E-state index is 0. The Morgan fingerprint density at radius 2 is 1.93 bits per heavy atom. The summed E-state index contributed by atoms with van der Waals surface area (Å²) in [5.74, 6) is -0.0767. The summed E-state index contributed by atoms with van der Waals surface area (Å²) in [5.41, 5.74) is 1.21. The normalized spacial score (nSPS) is 11.0. The minimum Gasteiger partial charge on any atom is -0.490 e. The van der Waals surface area contributed by atoms with Gasteiger partial charge in [0.1, 0.15) is 18.2 Å². The van der Waals surface area contributed by atoms with Gasteiger partial charge in [0.05, 0.1) is 10.6 Å². The van der Waals surface area contributed by atoms with Crippen LogP contribution < -0.4 is 10.1 Å². The predicted octanol–water partition coefficient (Wildman–Crippen LogP) is 4.24. The van der Waals surface area contributed by atoms with Crippen LogP contribution in [0.25, 0.3) is 11.3 Å². The van der Waals surface area contributed by atoms with Crippen LogP contribution >= 0.6 is 12.4 Å². The molecule has 0 aliphatic heterocycles. The maximum atomic E-state index is 14.4. The Labute approximate surface area is 176 Å². The first-order valence-electron chi connectivity index (χ1n) is 8.67. The minimum atomic E-state index is -3.96. The van der Waals surface area contributed by atoms with Crippen molar-refractivity contribution in [2.75, 3.05) is 13.7 Å². The van der Waals surface area contributed by atoms with Crippen LogP contribution in [0.4, 0.5) is 4.39 Å². The van der Waals surface area contributed by atoms with E-state index < -0.39 is 15.8 Å². The van der Waals surface area contributed by atoms with Gasteiger partial charge in [0.2, 0.25) is 0 Å². The highest BCUT2D eigenvalue weighted by Crippen LogP contribution is 2.30. The summed E-state index contributed by atoms with van der Waals surface area (Å²) >= 11 is 0. The van der Waals surface area contributed by atoms with Crippen LogP contribution in [0.1, 0.15) is 5.56 Å². The maximum Gasteiger partial charge on any atom is 0.268 e. The molecule has 0 amide bonds. The molecule has 0 radical (unpaired) electrons. The van der Waals surface area contributed by atoms with Gasteiger partial charge in [0.25, 0.3) is 10.0 Å². The van der Waals surface area contributed by atoms with Gasteiger partial charge in [-0.1, -0.05) is 30.9 Å². The van der Waals surface area contributed by atoms with E-state index >= 15 is 0 Å². The van der Waals surface area contributed by atoms with E-state index in [1.807, 2.05) is 0 Å². The smallest absolute Gasteiger partial charge is 0.268 e. The van der Waals surface area contributed by atoms with Gasteiger partial charge in [-0.3, -0.25) is 0 Å². The number of hydrogen-bond acceptors (Lipinski definition) is 4. The summed E-state index contributed by atoms with van der Waals surface area (Å²) in [7, 11) is -2.20. The van der Waals surface area contributed by atoms with Crippen LogP contribution in [-0.2, 0) is 16.6 Å². The highest BCUT2D eigenvalue weighted by Gasteiger charge is 2.23. The Morgan fingerprint density at radius 1 is 1.17 bits per heavy atom. The Hall–Kier alpha value is -2.61. The molecule has 154 valence electrons. The fraction of sp³-hybridized carbons (Fsp3) is 0.143. The third kappa shape index (κ3) is 4.87. The number of nitrogens with zero attached hydrogens (tertiary/aromatic N) is 1. The molecule has 0 atom stereocenters. The van der Waals surface area contributed by atoms with Crippen molar-refractivity contribution in [2.24, 2.45) is 0 Å². The van der Waals surface area contributed by atoms with E-state index in [9.17, 15) is 12.8 Å². The number of ether oxygens (including phenoxy) is 1. The van der Waals surface area contributed by atoms with Gasteiger partial charge >= 0.3 is 0 Å². The van der Waals surface area contributed by atoms with E-state index in [0.29, 0.717) is 12.3 Å².